The summed E-state index contributed by atoms with van der Waals surface area (Å²) in [5, 5.41) is 0. The molecule has 0 saturated heterocycles. The third-order valence-electron chi connectivity index (χ3n) is 9.84. The first-order chi connectivity index (χ1) is 12.4. The third kappa shape index (κ3) is 2.67. The van der Waals surface area contributed by atoms with Crippen LogP contribution in [0, 0.1) is 46.3 Å². The number of hydrogen-bond donors (Lipinski definition) is 0. The molecular formula is C25H40O. The summed E-state index contributed by atoms with van der Waals surface area (Å²) >= 11 is 0. The van der Waals surface area contributed by atoms with Crippen molar-refractivity contribution in [3.8, 4) is 0 Å². The van der Waals surface area contributed by atoms with E-state index in [1.165, 1.54) is 57.7 Å². The quantitative estimate of drug-likeness (QED) is 0.399. The normalized spacial score (nSPS) is 48.8. The molecule has 1 nitrogen and oxygen atoms in total. The molecule has 26 heavy (non-hydrogen) atoms. The largest absolute Gasteiger partial charge is 0.303 e. The van der Waals surface area contributed by atoms with Gasteiger partial charge in [-0.2, -0.15) is 0 Å². The second-order valence-electron chi connectivity index (χ2n) is 10.9. The van der Waals surface area contributed by atoms with Gasteiger partial charge in [-0.25, -0.2) is 0 Å². The molecule has 0 spiro atoms. The zero-order valence-electron chi connectivity index (χ0n) is 17.6. The molecular weight excluding hydrogens is 316 g/mol. The lowest BCUT2D eigenvalue weighted by molar-refractivity contribution is -0.112. The van der Waals surface area contributed by atoms with Crippen LogP contribution < -0.4 is 0 Å². The molecule has 3 saturated carbocycles. The Bertz CT molecular complexity index is 577. The van der Waals surface area contributed by atoms with Gasteiger partial charge < -0.3 is 4.79 Å². The van der Waals surface area contributed by atoms with E-state index in [1.807, 2.05) is 0 Å². The summed E-state index contributed by atoms with van der Waals surface area (Å²) in [6, 6.07) is 0. The predicted octanol–water partition coefficient (Wildman–Crippen LogP) is 6.82. The molecule has 146 valence electrons. The van der Waals surface area contributed by atoms with Gasteiger partial charge in [-0.1, -0.05) is 52.2 Å². The Morgan fingerprint density at radius 2 is 1.96 bits per heavy atom. The van der Waals surface area contributed by atoms with E-state index < -0.39 is 0 Å². The van der Waals surface area contributed by atoms with E-state index in [9.17, 15) is 4.79 Å². The van der Waals surface area contributed by atoms with Crippen molar-refractivity contribution in [3.63, 3.8) is 0 Å². The number of fused-ring (bicyclic) bond motifs is 5. The van der Waals surface area contributed by atoms with Crippen molar-refractivity contribution < 1.29 is 4.79 Å². The number of aldehydes is 1. The van der Waals surface area contributed by atoms with Gasteiger partial charge in [0.15, 0.2) is 0 Å². The van der Waals surface area contributed by atoms with E-state index in [1.54, 1.807) is 5.57 Å². The van der Waals surface area contributed by atoms with Crippen LogP contribution in [0.3, 0.4) is 0 Å². The second-order valence-corrected chi connectivity index (χ2v) is 10.9. The van der Waals surface area contributed by atoms with E-state index in [2.05, 4.69) is 33.8 Å². The maximum Gasteiger partial charge on any atom is 0.123 e. The lowest BCUT2D eigenvalue weighted by Gasteiger charge is -2.58. The van der Waals surface area contributed by atoms with Crippen molar-refractivity contribution in [1.29, 1.82) is 0 Å². The molecule has 0 amide bonds. The molecule has 0 aromatic heterocycles. The fourth-order valence-electron chi connectivity index (χ4n) is 8.44. The first-order valence-corrected chi connectivity index (χ1v) is 11.6. The minimum absolute atomic E-state index is 0.297. The molecule has 4 aliphatic carbocycles. The Hall–Kier alpha value is -0.590. The Kier molecular flexibility index (Phi) is 4.89. The van der Waals surface area contributed by atoms with Gasteiger partial charge in [0.25, 0.3) is 0 Å². The number of rotatable bonds is 4. The van der Waals surface area contributed by atoms with Crippen LogP contribution in [0.1, 0.15) is 91.9 Å². The third-order valence-corrected chi connectivity index (χ3v) is 9.84. The summed E-state index contributed by atoms with van der Waals surface area (Å²) in [5.74, 6) is 4.90. The average molecular weight is 357 g/mol. The van der Waals surface area contributed by atoms with Gasteiger partial charge in [0.1, 0.15) is 6.29 Å². The van der Waals surface area contributed by atoms with Crippen molar-refractivity contribution in [2.24, 2.45) is 46.3 Å². The topological polar surface area (TPSA) is 17.1 Å². The van der Waals surface area contributed by atoms with Crippen LogP contribution in [-0.4, -0.2) is 6.29 Å². The van der Waals surface area contributed by atoms with Crippen molar-refractivity contribution >= 4 is 6.29 Å². The number of hydrogen-bond acceptors (Lipinski definition) is 1. The van der Waals surface area contributed by atoms with Gasteiger partial charge in [0.2, 0.25) is 0 Å². The van der Waals surface area contributed by atoms with Crippen LogP contribution in [0.4, 0.5) is 0 Å². The van der Waals surface area contributed by atoms with Crippen LogP contribution in [0.2, 0.25) is 0 Å². The van der Waals surface area contributed by atoms with Crippen molar-refractivity contribution in [3.05, 3.63) is 11.6 Å². The zero-order chi connectivity index (χ0) is 18.5. The molecule has 1 heteroatoms. The van der Waals surface area contributed by atoms with Gasteiger partial charge >= 0.3 is 0 Å². The molecule has 4 rings (SSSR count). The van der Waals surface area contributed by atoms with E-state index in [-0.39, 0.29) is 0 Å². The Labute approximate surface area is 161 Å². The van der Waals surface area contributed by atoms with Crippen LogP contribution in [0.25, 0.3) is 0 Å². The Morgan fingerprint density at radius 1 is 1.15 bits per heavy atom. The molecule has 0 N–H and O–H groups in total. The molecule has 0 bridgehead atoms. The van der Waals surface area contributed by atoms with E-state index in [4.69, 9.17) is 0 Å². The van der Waals surface area contributed by atoms with Gasteiger partial charge in [0.05, 0.1) is 0 Å². The SMILES string of the molecule is CCCC(C)C1CCC2C3CC=C4CC(C=O)CCC4(C)C3CCC12C. The highest BCUT2D eigenvalue weighted by Crippen LogP contribution is 2.67. The molecule has 0 aliphatic heterocycles. The maximum atomic E-state index is 11.3. The van der Waals surface area contributed by atoms with Gasteiger partial charge in [-0.05, 0) is 91.8 Å². The highest BCUT2D eigenvalue weighted by molar-refractivity contribution is 5.55. The summed E-state index contributed by atoms with van der Waals surface area (Å²) in [7, 11) is 0. The predicted molar refractivity (Wildman–Crippen MR) is 109 cm³/mol. The monoisotopic (exact) mass is 356 g/mol. The van der Waals surface area contributed by atoms with E-state index >= 15 is 0 Å². The van der Waals surface area contributed by atoms with Crippen LogP contribution in [0.5, 0.6) is 0 Å². The van der Waals surface area contributed by atoms with E-state index in [0.717, 1.165) is 42.4 Å². The molecule has 8 atom stereocenters. The fourth-order valence-corrected chi connectivity index (χ4v) is 8.44. The van der Waals surface area contributed by atoms with Crippen LogP contribution in [0.15, 0.2) is 11.6 Å². The molecule has 4 aliphatic rings. The average Bonchev–Trinajstić information content (AvgIpc) is 2.98. The van der Waals surface area contributed by atoms with Gasteiger partial charge in [-0.3, -0.25) is 0 Å². The lowest BCUT2D eigenvalue weighted by Crippen LogP contribution is -2.50. The standard InChI is InChI=1S/C25H40O/c1-5-6-17(2)21-9-10-22-20-8-7-19-15-18(16-26)11-13-24(19,3)23(20)12-14-25(21,22)4/h7,16-18,20-23H,5-6,8-15H2,1-4H3. The number of carbonyl (C=O) groups is 1. The summed E-state index contributed by atoms with van der Waals surface area (Å²) in [6.07, 6.45) is 17.2. The Balaban J connectivity index is 1.59. The minimum Gasteiger partial charge on any atom is -0.303 e. The summed E-state index contributed by atoms with van der Waals surface area (Å²) in [4.78, 5) is 11.3. The van der Waals surface area contributed by atoms with Crippen LogP contribution >= 0.6 is 0 Å². The highest BCUT2D eigenvalue weighted by Gasteiger charge is 2.58. The summed E-state index contributed by atoms with van der Waals surface area (Å²) in [6.45, 7) is 10.1. The van der Waals surface area contributed by atoms with E-state index in [0.29, 0.717) is 16.7 Å². The molecule has 0 heterocycles. The molecule has 0 radical (unpaired) electrons. The minimum atomic E-state index is 0.297. The van der Waals surface area contributed by atoms with Crippen molar-refractivity contribution in [1.82, 2.24) is 0 Å². The maximum absolute atomic E-state index is 11.3. The Morgan fingerprint density at radius 3 is 2.69 bits per heavy atom. The van der Waals surface area contributed by atoms with Gasteiger partial charge in [-0.15, -0.1) is 0 Å². The molecule has 8 unspecified atom stereocenters. The summed E-state index contributed by atoms with van der Waals surface area (Å²) < 4.78 is 0. The highest BCUT2D eigenvalue weighted by atomic mass is 16.1. The summed E-state index contributed by atoms with van der Waals surface area (Å²) in [5.41, 5.74) is 2.65. The van der Waals surface area contributed by atoms with Gasteiger partial charge in [0, 0.05) is 5.92 Å². The molecule has 0 aromatic rings. The molecule has 3 fully saturated rings. The molecule has 0 aromatic carbocycles. The zero-order valence-corrected chi connectivity index (χ0v) is 17.6. The smallest absolute Gasteiger partial charge is 0.123 e. The van der Waals surface area contributed by atoms with Crippen molar-refractivity contribution in [2.75, 3.05) is 0 Å². The first-order valence-electron chi connectivity index (χ1n) is 11.6. The fraction of sp³-hybridized carbons (Fsp3) is 0.880. The number of carbonyl (C=O) groups excluding carboxylic acids is 1. The van der Waals surface area contributed by atoms with Crippen molar-refractivity contribution in [2.45, 2.75) is 91.9 Å². The first kappa shape index (κ1) is 18.8. The lowest BCUT2D eigenvalue weighted by atomic mass is 9.46. The number of allylic oxidation sites excluding steroid dienone is 2. The van der Waals surface area contributed by atoms with Crippen LogP contribution in [-0.2, 0) is 4.79 Å². The second kappa shape index (κ2) is 6.78.